The maximum Gasteiger partial charge on any atom is 0.192 e. The molecule has 3 heteroatoms. The van der Waals surface area contributed by atoms with Crippen LogP contribution in [0.1, 0.15) is 20.8 Å². The van der Waals surface area contributed by atoms with Crippen LogP contribution < -0.4 is 0 Å². The molecule has 0 aromatic carbocycles. The summed E-state index contributed by atoms with van der Waals surface area (Å²) in [4.78, 5) is 0. The van der Waals surface area contributed by atoms with E-state index in [4.69, 9.17) is 4.43 Å². The molecule has 0 fully saturated rings. The molecule has 0 N–H and O–H groups in total. The highest BCUT2D eigenvalue weighted by Crippen LogP contribution is 2.37. The van der Waals surface area contributed by atoms with Crippen molar-refractivity contribution in [1.82, 2.24) is 0 Å². The van der Waals surface area contributed by atoms with Crippen LogP contribution in [-0.2, 0) is 4.43 Å². The molecular weight excluding hydrogens is 244 g/mol. The van der Waals surface area contributed by atoms with Gasteiger partial charge in [-0.2, -0.15) is 0 Å². The third-order valence-corrected chi connectivity index (χ3v) is 7.81. The molecule has 0 aliphatic rings. The summed E-state index contributed by atoms with van der Waals surface area (Å²) >= 11 is 3.42. The minimum atomic E-state index is -1.61. The van der Waals surface area contributed by atoms with Crippen LogP contribution >= 0.6 is 15.9 Å². The molecular formula is C10H21BrOSi. The first kappa shape index (κ1) is 13.4. The van der Waals surface area contributed by atoms with Crippen LogP contribution in [0.4, 0.5) is 0 Å². The summed E-state index contributed by atoms with van der Waals surface area (Å²) in [6.45, 7) is 15.0. The van der Waals surface area contributed by atoms with Gasteiger partial charge in [0.25, 0.3) is 0 Å². The number of halogens is 1. The summed E-state index contributed by atoms with van der Waals surface area (Å²) in [5.74, 6) is 0. The topological polar surface area (TPSA) is 9.23 Å². The zero-order valence-corrected chi connectivity index (χ0v) is 11.9. The van der Waals surface area contributed by atoms with Gasteiger partial charge in [0.05, 0.1) is 6.10 Å². The minimum Gasteiger partial charge on any atom is -0.410 e. The Morgan fingerprint density at radius 2 is 1.92 bits per heavy atom. The molecule has 0 spiro atoms. The van der Waals surface area contributed by atoms with Gasteiger partial charge >= 0.3 is 0 Å². The van der Waals surface area contributed by atoms with Crippen LogP contribution in [0.2, 0.25) is 18.1 Å². The average Bonchev–Trinajstić information content (AvgIpc) is 1.98. The summed E-state index contributed by atoms with van der Waals surface area (Å²) in [6, 6.07) is 0. The molecule has 0 saturated heterocycles. The maximum absolute atomic E-state index is 6.07. The lowest BCUT2D eigenvalue weighted by atomic mass is 10.2. The second kappa shape index (κ2) is 4.76. The second-order valence-corrected chi connectivity index (χ2v) is 10.2. The first-order valence-corrected chi connectivity index (χ1v) is 8.64. The van der Waals surface area contributed by atoms with Gasteiger partial charge < -0.3 is 4.43 Å². The molecule has 1 unspecified atom stereocenters. The molecule has 0 bridgehead atoms. The summed E-state index contributed by atoms with van der Waals surface area (Å²) in [5.41, 5.74) is 0. The largest absolute Gasteiger partial charge is 0.410 e. The Kier molecular flexibility index (Phi) is 4.90. The van der Waals surface area contributed by atoms with E-state index in [0.717, 1.165) is 5.33 Å². The predicted octanol–water partition coefficient (Wildman–Crippen LogP) is 3.96. The van der Waals surface area contributed by atoms with Crippen molar-refractivity contribution in [3.8, 4) is 0 Å². The lowest BCUT2D eigenvalue weighted by molar-refractivity contribution is 0.249. The molecule has 0 aliphatic carbocycles. The van der Waals surface area contributed by atoms with Crippen LogP contribution in [0.15, 0.2) is 12.7 Å². The summed E-state index contributed by atoms with van der Waals surface area (Å²) in [6.07, 6.45) is 2.02. The van der Waals surface area contributed by atoms with Crippen molar-refractivity contribution < 1.29 is 4.43 Å². The number of hydrogen-bond acceptors (Lipinski definition) is 1. The molecule has 1 atom stereocenters. The van der Waals surface area contributed by atoms with E-state index in [1.165, 1.54) is 0 Å². The fourth-order valence-corrected chi connectivity index (χ4v) is 2.63. The first-order valence-electron chi connectivity index (χ1n) is 4.61. The molecule has 0 heterocycles. The molecule has 78 valence electrons. The van der Waals surface area contributed by atoms with Gasteiger partial charge in [0.2, 0.25) is 0 Å². The summed E-state index contributed by atoms with van der Waals surface area (Å²) < 4.78 is 6.07. The number of rotatable bonds is 4. The molecule has 0 aliphatic heterocycles. The highest BCUT2D eigenvalue weighted by atomic mass is 79.9. The van der Waals surface area contributed by atoms with E-state index >= 15 is 0 Å². The van der Waals surface area contributed by atoms with Crippen LogP contribution in [0, 0.1) is 0 Å². The fraction of sp³-hybridized carbons (Fsp3) is 0.800. The Bertz CT molecular complexity index is 172. The van der Waals surface area contributed by atoms with E-state index in [1.54, 1.807) is 0 Å². The van der Waals surface area contributed by atoms with Crippen LogP contribution in [0.3, 0.4) is 0 Å². The highest BCUT2D eigenvalue weighted by molar-refractivity contribution is 9.09. The van der Waals surface area contributed by atoms with Crippen LogP contribution in [-0.4, -0.2) is 19.8 Å². The van der Waals surface area contributed by atoms with Crippen molar-refractivity contribution in [3.05, 3.63) is 12.7 Å². The molecule has 1 nitrogen and oxygen atoms in total. The monoisotopic (exact) mass is 264 g/mol. The normalized spacial score (nSPS) is 15.5. The summed E-state index contributed by atoms with van der Waals surface area (Å²) in [7, 11) is -1.61. The number of alkyl halides is 1. The predicted molar refractivity (Wildman–Crippen MR) is 66.1 cm³/mol. The lowest BCUT2D eigenvalue weighted by Gasteiger charge is -2.38. The zero-order chi connectivity index (χ0) is 10.7. The standard InChI is InChI=1S/C10H21BrOSi/c1-7-9(8-11)12-13(5,6)10(2,3)4/h7,9H,1,8H2,2-6H3. The number of hydrogen-bond donors (Lipinski definition) is 0. The SMILES string of the molecule is C=CC(CBr)O[Si](C)(C)C(C)(C)C. The molecule has 0 amide bonds. The van der Waals surface area contributed by atoms with Gasteiger partial charge in [0.15, 0.2) is 8.32 Å². The third kappa shape index (κ3) is 3.96. The smallest absolute Gasteiger partial charge is 0.192 e. The molecule has 13 heavy (non-hydrogen) atoms. The van der Waals surface area contributed by atoms with E-state index in [0.29, 0.717) is 0 Å². The van der Waals surface area contributed by atoms with Gasteiger partial charge in [-0.15, -0.1) is 6.58 Å². The van der Waals surface area contributed by atoms with Crippen molar-refractivity contribution in [3.63, 3.8) is 0 Å². The lowest BCUT2D eigenvalue weighted by Crippen LogP contribution is -2.43. The Hall–Kier alpha value is 0.397. The second-order valence-electron chi connectivity index (χ2n) is 4.81. The van der Waals surface area contributed by atoms with Crippen molar-refractivity contribution in [2.24, 2.45) is 0 Å². The molecule has 0 aromatic heterocycles. The van der Waals surface area contributed by atoms with Crippen molar-refractivity contribution in [2.75, 3.05) is 5.33 Å². The van der Waals surface area contributed by atoms with Crippen LogP contribution in [0.5, 0.6) is 0 Å². The van der Waals surface area contributed by atoms with Crippen molar-refractivity contribution >= 4 is 24.2 Å². The van der Waals surface area contributed by atoms with Gasteiger partial charge in [0, 0.05) is 5.33 Å². The van der Waals surface area contributed by atoms with Crippen molar-refractivity contribution in [1.29, 1.82) is 0 Å². The highest BCUT2D eigenvalue weighted by Gasteiger charge is 2.38. The average molecular weight is 265 g/mol. The van der Waals surface area contributed by atoms with E-state index in [-0.39, 0.29) is 11.1 Å². The Balaban J connectivity index is 4.40. The molecule has 0 saturated carbocycles. The Labute approximate surface area is 91.8 Å². The minimum absolute atomic E-state index is 0.154. The van der Waals surface area contributed by atoms with Gasteiger partial charge in [-0.05, 0) is 18.1 Å². The Morgan fingerprint density at radius 1 is 1.46 bits per heavy atom. The van der Waals surface area contributed by atoms with Gasteiger partial charge in [0.1, 0.15) is 0 Å². The quantitative estimate of drug-likeness (QED) is 0.425. The van der Waals surface area contributed by atoms with E-state index in [9.17, 15) is 0 Å². The third-order valence-electron chi connectivity index (χ3n) is 2.67. The van der Waals surface area contributed by atoms with Gasteiger partial charge in [-0.3, -0.25) is 0 Å². The molecule has 0 aromatic rings. The van der Waals surface area contributed by atoms with Gasteiger partial charge in [-0.25, -0.2) is 0 Å². The fourth-order valence-electron chi connectivity index (χ4n) is 0.698. The first-order chi connectivity index (χ1) is 5.74. The van der Waals surface area contributed by atoms with E-state index in [1.807, 2.05) is 6.08 Å². The van der Waals surface area contributed by atoms with E-state index < -0.39 is 8.32 Å². The summed E-state index contributed by atoms with van der Waals surface area (Å²) in [5, 5.41) is 1.11. The van der Waals surface area contributed by atoms with Crippen LogP contribution in [0.25, 0.3) is 0 Å². The maximum atomic E-state index is 6.07. The molecule has 0 rings (SSSR count). The van der Waals surface area contributed by atoms with Gasteiger partial charge in [-0.1, -0.05) is 42.8 Å². The van der Waals surface area contributed by atoms with E-state index in [2.05, 4.69) is 56.4 Å². The zero-order valence-electron chi connectivity index (χ0n) is 9.36. The molecule has 0 radical (unpaired) electrons. The Morgan fingerprint density at radius 3 is 2.15 bits per heavy atom. The van der Waals surface area contributed by atoms with Crippen molar-refractivity contribution in [2.45, 2.75) is 45.0 Å².